The quantitative estimate of drug-likeness (QED) is 0.733. The lowest BCUT2D eigenvalue weighted by molar-refractivity contribution is -0.115. The molecule has 0 fully saturated rings. The Morgan fingerprint density at radius 2 is 2.26 bits per heavy atom. The molecule has 0 aliphatic carbocycles. The molecule has 0 radical (unpaired) electrons. The second kappa shape index (κ2) is 6.76. The van der Waals surface area contributed by atoms with E-state index in [1.807, 2.05) is 5.38 Å². The maximum absolute atomic E-state index is 11.9. The van der Waals surface area contributed by atoms with Gasteiger partial charge in [0.2, 0.25) is 5.91 Å². The largest absolute Gasteiger partial charge is 0.360 e. The number of halogens is 1. The molecule has 3 heterocycles. The van der Waals surface area contributed by atoms with Crippen molar-refractivity contribution in [3.8, 4) is 0 Å². The molecule has 118 valence electrons. The van der Waals surface area contributed by atoms with Gasteiger partial charge in [-0.15, -0.1) is 11.3 Å². The lowest BCUT2D eigenvalue weighted by Crippen LogP contribution is -2.14. The van der Waals surface area contributed by atoms with Gasteiger partial charge in [-0.2, -0.15) is 0 Å². The molecular weight excluding hydrogens is 338 g/mol. The van der Waals surface area contributed by atoms with Gasteiger partial charge in [-0.25, -0.2) is 9.97 Å². The summed E-state index contributed by atoms with van der Waals surface area (Å²) in [5.41, 5.74) is 0.657. The molecule has 0 atom stereocenters. The number of hydrogen-bond donors (Lipinski definition) is 2. The van der Waals surface area contributed by atoms with Crippen LogP contribution in [0.3, 0.4) is 0 Å². The van der Waals surface area contributed by atoms with E-state index in [0.717, 1.165) is 0 Å². The Hall–Kier alpha value is -2.45. The van der Waals surface area contributed by atoms with E-state index in [9.17, 15) is 4.79 Å². The van der Waals surface area contributed by atoms with Gasteiger partial charge in [0.25, 0.3) is 0 Å². The number of aryl methyl sites for hydroxylation is 1. The summed E-state index contributed by atoms with van der Waals surface area (Å²) >= 11 is 7.18. The number of pyridine rings is 1. The summed E-state index contributed by atoms with van der Waals surface area (Å²) in [7, 11) is 0. The zero-order valence-corrected chi connectivity index (χ0v) is 13.6. The van der Waals surface area contributed by atoms with Crippen LogP contribution in [0.4, 0.5) is 16.8 Å². The van der Waals surface area contributed by atoms with Gasteiger partial charge in [0.05, 0.1) is 17.1 Å². The standard InChI is InChI=1S/C14H12ClN5O2S/c1-8-4-12(20-22-8)18-13(21)5-10-7-23-14(17-10)19-11-3-2-9(15)6-16-11/h2-4,6-7H,5H2,1H3,(H,16,17,19)(H,18,20,21). The van der Waals surface area contributed by atoms with Gasteiger partial charge in [-0.3, -0.25) is 4.79 Å². The zero-order valence-electron chi connectivity index (χ0n) is 12.0. The van der Waals surface area contributed by atoms with E-state index in [0.29, 0.717) is 33.2 Å². The van der Waals surface area contributed by atoms with E-state index in [4.69, 9.17) is 16.1 Å². The lowest BCUT2D eigenvalue weighted by Gasteiger charge is -2.01. The van der Waals surface area contributed by atoms with Crippen LogP contribution in [0.25, 0.3) is 0 Å². The number of nitrogens with zero attached hydrogens (tertiary/aromatic N) is 3. The number of nitrogens with one attached hydrogen (secondary N) is 2. The van der Waals surface area contributed by atoms with Crippen LogP contribution in [0.2, 0.25) is 5.02 Å². The summed E-state index contributed by atoms with van der Waals surface area (Å²) in [6, 6.07) is 5.14. The molecule has 3 aromatic heterocycles. The summed E-state index contributed by atoms with van der Waals surface area (Å²) in [6.45, 7) is 1.76. The van der Waals surface area contributed by atoms with E-state index in [1.165, 1.54) is 11.3 Å². The summed E-state index contributed by atoms with van der Waals surface area (Å²) in [4.78, 5) is 20.4. The van der Waals surface area contributed by atoms with Crippen LogP contribution in [0, 0.1) is 6.92 Å². The predicted octanol–water partition coefficient (Wildman–Crippen LogP) is 3.41. The van der Waals surface area contributed by atoms with Gasteiger partial charge < -0.3 is 15.2 Å². The van der Waals surface area contributed by atoms with Crippen molar-refractivity contribution < 1.29 is 9.32 Å². The van der Waals surface area contributed by atoms with E-state index < -0.39 is 0 Å². The van der Waals surface area contributed by atoms with Crippen molar-refractivity contribution in [3.05, 3.63) is 46.3 Å². The van der Waals surface area contributed by atoms with E-state index >= 15 is 0 Å². The molecule has 0 aliphatic rings. The molecule has 23 heavy (non-hydrogen) atoms. The van der Waals surface area contributed by atoms with Crippen molar-refractivity contribution in [1.29, 1.82) is 0 Å². The average molecular weight is 350 g/mol. The highest BCUT2D eigenvalue weighted by atomic mass is 35.5. The van der Waals surface area contributed by atoms with Gasteiger partial charge in [-0.05, 0) is 19.1 Å². The third-order valence-electron chi connectivity index (χ3n) is 2.75. The topological polar surface area (TPSA) is 92.9 Å². The SMILES string of the molecule is Cc1cc(NC(=O)Cc2csc(Nc3ccc(Cl)cn3)n2)no1. The Bertz CT molecular complexity index is 815. The van der Waals surface area contributed by atoms with Gasteiger partial charge >= 0.3 is 0 Å². The fourth-order valence-corrected chi connectivity index (χ4v) is 2.61. The number of anilines is 3. The molecule has 2 N–H and O–H groups in total. The number of hydrogen-bond acceptors (Lipinski definition) is 7. The highest BCUT2D eigenvalue weighted by Gasteiger charge is 2.10. The molecule has 0 saturated heterocycles. The number of rotatable bonds is 5. The lowest BCUT2D eigenvalue weighted by atomic mass is 10.3. The molecule has 3 aromatic rings. The minimum absolute atomic E-state index is 0.151. The fraction of sp³-hybridized carbons (Fsp3) is 0.143. The molecule has 3 rings (SSSR count). The normalized spacial score (nSPS) is 10.5. The highest BCUT2D eigenvalue weighted by molar-refractivity contribution is 7.13. The first-order chi connectivity index (χ1) is 11.1. The van der Waals surface area contributed by atoms with Gasteiger partial charge in [0.1, 0.15) is 11.6 Å². The first-order valence-electron chi connectivity index (χ1n) is 6.64. The molecule has 0 aliphatic heterocycles. The molecule has 1 amide bonds. The molecule has 0 spiro atoms. The summed E-state index contributed by atoms with van der Waals surface area (Å²) < 4.78 is 4.89. The molecule has 0 aromatic carbocycles. The Morgan fingerprint density at radius 3 is 2.96 bits per heavy atom. The van der Waals surface area contributed by atoms with Crippen LogP contribution < -0.4 is 10.6 Å². The van der Waals surface area contributed by atoms with E-state index in [-0.39, 0.29) is 12.3 Å². The molecule has 0 bridgehead atoms. The van der Waals surface area contributed by atoms with Crippen LogP contribution in [0.1, 0.15) is 11.5 Å². The Balaban J connectivity index is 1.58. The van der Waals surface area contributed by atoms with Gasteiger partial charge in [-0.1, -0.05) is 16.8 Å². The fourth-order valence-electron chi connectivity index (χ4n) is 1.78. The minimum Gasteiger partial charge on any atom is -0.360 e. The van der Waals surface area contributed by atoms with Crippen molar-refractivity contribution in [2.45, 2.75) is 13.3 Å². The smallest absolute Gasteiger partial charge is 0.231 e. The highest BCUT2D eigenvalue weighted by Crippen LogP contribution is 2.21. The zero-order chi connectivity index (χ0) is 16.2. The average Bonchev–Trinajstić information content (AvgIpc) is 3.11. The summed E-state index contributed by atoms with van der Waals surface area (Å²) in [5.74, 6) is 1.46. The third kappa shape index (κ3) is 4.27. The molecule has 9 heteroatoms. The van der Waals surface area contributed by atoms with Crippen molar-refractivity contribution >= 4 is 45.6 Å². The van der Waals surface area contributed by atoms with Crippen LogP contribution in [-0.2, 0) is 11.2 Å². The van der Waals surface area contributed by atoms with Crippen LogP contribution >= 0.6 is 22.9 Å². The number of amides is 1. The second-order valence-corrected chi connectivity index (χ2v) is 5.97. The van der Waals surface area contributed by atoms with Crippen molar-refractivity contribution in [1.82, 2.24) is 15.1 Å². The minimum atomic E-state index is -0.209. The summed E-state index contributed by atoms with van der Waals surface area (Å²) in [6.07, 6.45) is 1.70. The number of thiazole rings is 1. The van der Waals surface area contributed by atoms with Crippen LogP contribution in [-0.4, -0.2) is 21.0 Å². The maximum Gasteiger partial charge on any atom is 0.231 e. The second-order valence-electron chi connectivity index (χ2n) is 4.68. The maximum atomic E-state index is 11.9. The number of carbonyl (C=O) groups excluding carboxylic acids is 1. The third-order valence-corrected chi connectivity index (χ3v) is 3.78. The Morgan fingerprint density at radius 1 is 1.39 bits per heavy atom. The monoisotopic (exact) mass is 349 g/mol. The van der Waals surface area contributed by atoms with Gasteiger partial charge in [0, 0.05) is 17.6 Å². The van der Waals surface area contributed by atoms with E-state index in [1.54, 1.807) is 31.3 Å². The Kier molecular flexibility index (Phi) is 4.54. The first kappa shape index (κ1) is 15.4. The van der Waals surface area contributed by atoms with Gasteiger partial charge in [0.15, 0.2) is 10.9 Å². The first-order valence-corrected chi connectivity index (χ1v) is 7.90. The van der Waals surface area contributed by atoms with Crippen LogP contribution in [0.5, 0.6) is 0 Å². The predicted molar refractivity (Wildman–Crippen MR) is 88.2 cm³/mol. The van der Waals surface area contributed by atoms with Crippen molar-refractivity contribution in [3.63, 3.8) is 0 Å². The molecule has 0 unspecified atom stereocenters. The summed E-state index contributed by atoms with van der Waals surface area (Å²) in [5, 5.41) is 12.4. The Labute approximate surface area is 140 Å². The molecular formula is C14H12ClN5O2S. The van der Waals surface area contributed by atoms with Crippen molar-refractivity contribution in [2.75, 3.05) is 10.6 Å². The molecule has 7 nitrogen and oxygen atoms in total. The number of carbonyl (C=O) groups is 1. The number of aromatic nitrogens is 3. The van der Waals surface area contributed by atoms with Crippen molar-refractivity contribution in [2.24, 2.45) is 0 Å². The molecule has 0 saturated carbocycles. The van der Waals surface area contributed by atoms with E-state index in [2.05, 4.69) is 25.8 Å². The van der Waals surface area contributed by atoms with Crippen LogP contribution in [0.15, 0.2) is 34.3 Å².